The van der Waals surface area contributed by atoms with Crippen LogP contribution in [0.25, 0.3) is 0 Å². The van der Waals surface area contributed by atoms with Crippen LogP contribution < -0.4 is 5.32 Å². The lowest BCUT2D eigenvalue weighted by Gasteiger charge is -2.26. The molecule has 0 amide bonds. The van der Waals surface area contributed by atoms with Gasteiger partial charge in [0.25, 0.3) is 0 Å². The van der Waals surface area contributed by atoms with Crippen molar-refractivity contribution >= 4 is 5.78 Å². The molecule has 0 heterocycles. The van der Waals surface area contributed by atoms with E-state index in [4.69, 9.17) is 0 Å². The Kier molecular flexibility index (Phi) is 11.6. The van der Waals surface area contributed by atoms with Gasteiger partial charge in [0.05, 0.1) is 12.1 Å². The van der Waals surface area contributed by atoms with Crippen LogP contribution in [0.2, 0.25) is 0 Å². The normalized spacial score (nSPS) is 17.2. The minimum absolute atomic E-state index is 0.0967. The first-order valence-electron chi connectivity index (χ1n) is 12.1. The van der Waals surface area contributed by atoms with E-state index in [2.05, 4.69) is 36.5 Å². The molecular weight excluding hydrogens is 358 g/mol. The molecule has 2 rings (SSSR count). The van der Waals surface area contributed by atoms with Crippen LogP contribution in [0.5, 0.6) is 0 Å². The summed E-state index contributed by atoms with van der Waals surface area (Å²) in [5.74, 6) is 0.749. The number of aliphatic hydroxyl groups is 1. The van der Waals surface area contributed by atoms with E-state index in [0.717, 1.165) is 18.5 Å². The molecule has 0 aliphatic heterocycles. The van der Waals surface area contributed by atoms with E-state index in [-0.39, 0.29) is 5.78 Å². The van der Waals surface area contributed by atoms with Crippen molar-refractivity contribution in [3.05, 3.63) is 35.4 Å². The molecule has 0 saturated heterocycles. The molecule has 1 saturated carbocycles. The second kappa shape index (κ2) is 13.9. The SMILES string of the molecule is CCCCCCCCc1ccc(CC(=O)[C@@H](NCC2CCCCC2)[C@H](C)O)cc1. The summed E-state index contributed by atoms with van der Waals surface area (Å²) in [4.78, 5) is 12.8. The van der Waals surface area contributed by atoms with Crippen molar-refractivity contribution in [1.82, 2.24) is 5.32 Å². The van der Waals surface area contributed by atoms with Crippen LogP contribution in [-0.4, -0.2) is 29.6 Å². The van der Waals surface area contributed by atoms with E-state index < -0.39 is 12.1 Å². The molecule has 3 heteroatoms. The monoisotopic (exact) mass is 401 g/mol. The minimum Gasteiger partial charge on any atom is -0.391 e. The molecule has 0 spiro atoms. The summed E-state index contributed by atoms with van der Waals surface area (Å²) in [6.45, 7) is 4.82. The van der Waals surface area contributed by atoms with Gasteiger partial charge >= 0.3 is 0 Å². The summed E-state index contributed by atoms with van der Waals surface area (Å²) in [6, 6.07) is 8.05. The van der Waals surface area contributed by atoms with Gasteiger partial charge in [-0.2, -0.15) is 0 Å². The highest BCUT2D eigenvalue weighted by Crippen LogP contribution is 2.23. The third-order valence-electron chi connectivity index (χ3n) is 6.40. The number of rotatable bonds is 14. The summed E-state index contributed by atoms with van der Waals surface area (Å²) in [5.41, 5.74) is 2.41. The number of hydrogen-bond acceptors (Lipinski definition) is 3. The van der Waals surface area contributed by atoms with Crippen molar-refractivity contribution in [2.45, 2.75) is 109 Å². The Morgan fingerprint density at radius 3 is 2.28 bits per heavy atom. The zero-order valence-electron chi connectivity index (χ0n) is 18.8. The topological polar surface area (TPSA) is 49.3 Å². The maximum Gasteiger partial charge on any atom is 0.156 e. The molecule has 1 aromatic rings. The molecule has 0 aromatic heterocycles. The first-order chi connectivity index (χ1) is 14.1. The van der Waals surface area contributed by atoms with E-state index >= 15 is 0 Å². The molecule has 1 aromatic carbocycles. The van der Waals surface area contributed by atoms with Crippen LogP contribution in [0.3, 0.4) is 0 Å². The Balaban J connectivity index is 1.75. The van der Waals surface area contributed by atoms with E-state index in [9.17, 15) is 9.90 Å². The van der Waals surface area contributed by atoms with Crippen LogP contribution in [0.1, 0.15) is 95.6 Å². The average Bonchev–Trinajstić information content (AvgIpc) is 2.72. The highest BCUT2D eigenvalue weighted by atomic mass is 16.3. The Labute approximate surface area is 178 Å². The minimum atomic E-state index is -0.655. The highest BCUT2D eigenvalue weighted by molar-refractivity contribution is 5.86. The number of carbonyl (C=O) groups excluding carboxylic acids is 1. The lowest BCUT2D eigenvalue weighted by Crippen LogP contribution is -2.47. The van der Waals surface area contributed by atoms with Crippen LogP contribution >= 0.6 is 0 Å². The number of benzene rings is 1. The van der Waals surface area contributed by atoms with Gasteiger partial charge in [-0.3, -0.25) is 4.79 Å². The summed E-state index contributed by atoms with van der Waals surface area (Å²) in [6.07, 6.45) is 15.2. The van der Waals surface area contributed by atoms with Gasteiger partial charge in [0.1, 0.15) is 0 Å². The summed E-state index contributed by atoms with van der Waals surface area (Å²) in [7, 11) is 0. The van der Waals surface area contributed by atoms with E-state index in [1.807, 2.05) is 0 Å². The lowest BCUT2D eigenvalue weighted by atomic mass is 9.88. The zero-order chi connectivity index (χ0) is 20.9. The second-order valence-electron chi connectivity index (χ2n) is 9.11. The molecular formula is C26H43NO2. The zero-order valence-corrected chi connectivity index (χ0v) is 18.8. The van der Waals surface area contributed by atoms with Crippen LogP contribution in [-0.2, 0) is 17.6 Å². The molecule has 1 aliphatic carbocycles. The summed E-state index contributed by atoms with van der Waals surface area (Å²) >= 11 is 0. The first-order valence-corrected chi connectivity index (χ1v) is 12.1. The highest BCUT2D eigenvalue weighted by Gasteiger charge is 2.24. The molecule has 0 radical (unpaired) electrons. The molecule has 2 atom stereocenters. The number of carbonyl (C=O) groups is 1. The van der Waals surface area contributed by atoms with Crippen molar-refractivity contribution in [3.63, 3.8) is 0 Å². The number of aryl methyl sites for hydroxylation is 1. The summed E-state index contributed by atoms with van der Waals surface area (Å²) < 4.78 is 0. The molecule has 0 bridgehead atoms. The Morgan fingerprint density at radius 1 is 1.00 bits per heavy atom. The predicted molar refractivity (Wildman–Crippen MR) is 122 cm³/mol. The van der Waals surface area contributed by atoms with Gasteiger partial charge in [-0.05, 0) is 56.2 Å². The quantitative estimate of drug-likeness (QED) is 0.398. The standard InChI is InChI=1S/C26H43NO2/c1-3-4-5-6-7-9-12-22-15-17-23(18-16-22)19-25(29)26(21(2)28)27-20-24-13-10-8-11-14-24/h15-18,21,24,26-28H,3-14,19-20H2,1-2H3/t21-,26-/m0/s1. The van der Waals surface area contributed by atoms with E-state index in [1.165, 1.54) is 76.2 Å². The van der Waals surface area contributed by atoms with Gasteiger partial charge in [0.15, 0.2) is 5.78 Å². The van der Waals surface area contributed by atoms with E-state index in [0.29, 0.717) is 12.3 Å². The van der Waals surface area contributed by atoms with Crippen molar-refractivity contribution in [1.29, 1.82) is 0 Å². The number of hydrogen-bond donors (Lipinski definition) is 2. The van der Waals surface area contributed by atoms with Gasteiger partial charge in [0, 0.05) is 6.42 Å². The number of aliphatic hydroxyl groups excluding tert-OH is 1. The molecule has 0 unspecified atom stereocenters. The molecule has 3 nitrogen and oxygen atoms in total. The van der Waals surface area contributed by atoms with Crippen molar-refractivity contribution in [3.8, 4) is 0 Å². The van der Waals surface area contributed by atoms with Crippen LogP contribution in [0.4, 0.5) is 0 Å². The molecule has 1 fully saturated rings. The molecule has 1 aliphatic rings. The van der Waals surface area contributed by atoms with Gasteiger partial charge in [-0.25, -0.2) is 0 Å². The average molecular weight is 402 g/mol. The fourth-order valence-corrected chi connectivity index (χ4v) is 4.48. The van der Waals surface area contributed by atoms with Gasteiger partial charge in [0.2, 0.25) is 0 Å². The van der Waals surface area contributed by atoms with Gasteiger partial charge in [-0.1, -0.05) is 82.6 Å². The lowest BCUT2D eigenvalue weighted by molar-refractivity contribution is -0.122. The largest absolute Gasteiger partial charge is 0.391 e. The van der Waals surface area contributed by atoms with E-state index in [1.54, 1.807) is 6.92 Å². The maximum atomic E-state index is 12.8. The van der Waals surface area contributed by atoms with Crippen LogP contribution in [0.15, 0.2) is 24.3 Å². The third-order valence-corrected chi connectivity index (χ3v) is 6.40. The number of Topliss-reactive ketones (excluding diaryl/α,β-unsaturated/α-hetero) is 1. The fourth-order valence-electron chi connectivity index (χ4n) is 4.48. The number of nitrogens with one attached hydrogen (secondary N) is 1. The Hall–Kier alpha value is -1.19. The Morgan fingerprint density at radius 2 is 1.62 bits per heavy atom. The molecule has 164 valence electrons. The third kappa shape index (κ3) is 9.44. The van der Waals surface area contributed by atoms with Crippen molar-refractivity contribution in [2.24, 2.45) is 5.92 Å². The van der Waals surface area contributed by atoms with Crippen molar-refractivity contribution < 1.29 is 9.90 Å². The van der Waals surface area contributed by atoms with Gasteiger partial charge < -0.3 is 10.4 Å². The second-order valence-corrected chi connectivity index (χ2v) is 9.11. The van der Waals surface area contributed by atoms with Crippen LogP contribution in [0, 0.1) is 5.92 Å². The fraction of sp³-hybridized carbons (Fsp3) is 0.731. The number of ketones is 1. The van der Waals surface area contributed by atoms with Crippen molar-refractivity contribution in [2.75, 3.05) is 6.54 Å². The predicted octanol–water partition coefficient (Wildman–Crippen LogP) is 5.62. The first kappa shape index (κ1) is 24.1. The maximum absolute atomic E-state index is 12.8. The van der Waals surface area contributed by atoms with Gasteiger partial charge in [-0.15, -0.1) is 0 Å². The molecule has 2 N–H and O–H groups in total. The Bertz CT molecular complexity index is 561. The smallest absolute Gasteiger partial charge is 0.156 e. The molecule has 29 heavy (non-hydrogen) atoms. The summed E-state index contributed by atoms with van der Waals surface area (Å²) in [5, 5.41) is 13.5. The number of unbranched alkanes of at least 4 members (excludes halogenated alkanes) is 5.